The van der Waals surface area contributed by atoms with Gasteiger partial charge in [0.2, 0.25) is 5.91 Å². The van der Waals surface area contributed by atoms with Crippen LogP contribution in [0, 0.1) is 6.92 Å². The third-order valence-electron chi connectivity index (χ3n) is 2.39. The van der Waals surface area contributed by atoms with Crippen LogP contribution in [0.2, 0.25) is 5.02 Å². The highest BCUT2D eigenvalue weighted by Gasteiger charge is 2.11. The minimum atomic E-state index is -0.999. The molecule has 0 aliphatic carbocycles. The molecule has 0 saturated carbocycles. The summed E-state index contributed by atoms with van der Waals surface area (Å²) in [6.45, 7) is 3.27. The number of carbonyl (C=O) groups excluding carboxylic acids is 1. The fraction of sp³-hybridized carbons (Fsp3) is 0.333. The zero-order chi connectivity index (χ0) is 13.7. The average Bonchev–Trinajstić information content (AvgIpc) is 2.30. The molecule has 18 heavy (non-hydrogen) atoms. The molecule has 0 bridgehead atoms. The molecular weight excluding hydrogens is 256 g/mol. The summed E-state index contributed by atoms with van der Waals surface area (Å²) in [7, 11) is 0. The fourth-order valence-electron chi connectivity index (χ4n) is 1.21. The van der Waals surface area contributed by atoms with Gasteiger partial charge in [0.15, 0.2) is 0 Å². The van der Waals surface area contributed by atoms with E-state index in [1.54, 1.807) is 18.2 Å². The van der Waals surface area contributed by atoms with Gasteiger partial charge in [0.05, 0.1) is 6.54 Å². The number of carboxylic acids is 1. The molecule has 6 heteroatoms. The molecule has 1 aromatic carbocycles. The lowest BCUT2D eigenvalue weighted by Gasteiger charge is -2.10. The Hall–Kier alpha value is -1.59. The quantitative estimate of drug-likeness (QED) is 0.760. The summed E-state index contributed by atoms with van der Waals surface area (Å²) in [6, 6.07) is 4.41. The van der Waals surface area contributed by atoms with Crippen molar-refractivity contribution < 1.29 is 14.7 Å². The number of benzene rings is 1. The van der Waals surface area contributed by atoms with Crippen LogP contribution in [-0.2, 0) is 9.59 Å². The molecule has 0 saturated heterocycles. The van der Waals surface area contributed by atoms with Crippen LogP contribution >= 0.6 is 11.6 Å². The molecule has 1 aromatic rings. The van der Waals surface area contributed by atoms with E-state index >= 15 is 0 Å². The molecule has 0 heterocycles. The molecule has 1 rings (SSSR count). The number of carboxylic acid groups (broad SMARTS) is 1. The smallest absolute Gasteiger partial charge is 0.320 e. The van der Waals surface area contributed by atoms with Gasteiger partial charge in [-0.2, -0.15) is 0 Å². The summed E-state index contributed by atoms with van der Waals surface area (Å²) in [6.07, 6.45) is 0. The molecule has 0 unspecified atom stereocenters. The van der Waals surface area contributed by atoms with Crippen LogP contribution in [0.15, 0.2) is 18.2 Å². The number of nitrogens with one attached hydrogen (secondary N) is 2. The number of amides is 1. The number of anilines is 1. The van der Waals surface area contributed by atoms with E-state index < -0.39 is 12.0 Å². The number of rotatable bonds is 5. The molecular formula is C12H15ClN2O3. The molecule has 3 N–H and O–H groups in total. The van der Waals surface area contributed by atoms with Crippen LogP contribution < -0.4 is 10.6 Å². The van der Waals surface area contributed by atoms with Gasteiger partial charge in [-0.15, -0.1) is 0 Å². The first-order chi connectivity index (χ1) is 8.40. The van der Waals surface area contributed by atoms with E-state index in [0.717, 1.165) is 5.56 Å². The number of hydrogen-bond donors (Lipinski definition) is 3. The van der Waals surface area contributed by atoms with Crippen LogP contribution in [-0.4, -0.2) is 29.6 Å². The zero-order valence-corrected chi connectivity index (χ0v) is 10.9. The predicted molar refractivity (Wildman–Crippen MR) is 69.9 cm³/mol. The Morgan fingerprint density at radius 3 is 2.67 bits per heavy atom. The van der Waals surface area contributed by atoms with Gasteiger partial charge in [0.25, 0.3) is 0 Å². The lowest BCUT2D eigenvalue weighted by molar-refractivity contribution is -0.139. The second-order valence-corrected chi connectivity index (χ2v) is 4.36. The van der Waals surface area contributed by atoms with Crippen LogP contribution in [0.4, 0.5) is 5.69 Å². The molecule has 0 aliphatic rings. The summed E-state index contributed by atoms with van der Waals surface area (Å²) < 4.78 is 0. The Morgan fingerprint density at radius 2 is 2.11 bits per heavy atom. The van der Waals surface area contributed by atoms with E-state index in [0.29, 0.717) is 10.7 Å². The number of aliphatic carboxylic acids is 1. The third-order valence-corrected chi connectivity index (χ3v) is 2.80. The Kier molecular flexibility index (Phi) is 5.12. The van der Waals surface area contributed by atoms with Crippen molar-refractivity contribution in [3.8, 4) is 0 Å². The van der Waals surface area contributed by atoms with Crippen molar-refractivity contribution in [2.45, 2.75) is 19.9 Å². The van der Waals surface area contributed by atoms with Crippen molar-refractivity contribution >= 4 is 29.2 Å². The molecule has 1 amide bonds. The van der Waals surface area contributed by atoms with E-state index in [4.69, 9.17) is 16.7 Å². The maximum Gasteiger partial charge on any atom is 0.320 e. The topological polar surface area (TPSA) is 78.4 Å². The van der Waals surface area contributed by atoms with E-state index in [2.05, 4.69) is 10.6 Å². The summed E-state index contributed by atoms with van der Waals surface area (Å²) in [4.78, 5) is 22.1. The Balaban J connectivity index is 2.49. The van der Waals surface area contributed by atoms with E-state index in [1.165, 1.54) is 6.92 Å². The van der Waals surface area contributed by atoms with Crippen molar-refractivity contribution in [1.82, 2.24) is 5.32 Å². The van der Waals surface area contributed by atoms with Crippen molar-refractivity contribution in [2.75, 3.05) is 11.9 Å². The second-order valence-electron chi connectivity index (χ2n) is 3.95. The summed E-state index contributed by atoms with van der Waals surface area (Å²) in [5.41, 5.74) is 1.51. The average molecular weight is 271 g/mol. The predicted octanol–water partition coefficient (Wildman–Crippen LogP) is 1.65. The van der Waals surface area contributed by atoms with Gasteiger partial charge in [-0.3, -0.25) is 14.9 Å². The maximum atomic E-state index is 11.5. The lowest BCUT2D eigenvalue weighted by Crippen LogP contribution is -2.39. The minimum Gasteiger partial charge on any atom is -0.480 e. The molecule has 0 aromatic heterocycles. The Morgan fingerprint density at radius 1 is 1.44 bits per heavy atom. The fourth-order valence-corrected chi connectivity index (χ4v) is 1.39. The SMILES string of the molecule is Cc1ccc(NC(=O)CN[C@H](C)C(=O)O)cc1Cl. The number of hydrogen-bond acceptors (Lipinski definition) is 3. The maximum absolute atomic E-state index is 11.5. The molecule has 98 valence electrons. The zero-order valence-electron chi connectivity index (χ0n) is 10.2. The van der Waals surface area contributed by atoms with Crippen LogP contribution in [0.1, 0.15) is 12.5 Å². The van der Waals surface area contributed by atoms with E-state index in [9.17, 15) is 9.59 Å². The minimum absolute atomic E-state index is 0.0705. The third kappa shape index (κ3) is 4.35. The molecule has 0 fully saturated rings. The van der Waals surface area contributed by atoms with Gasteiger partial charge in [-0.1, -0.05) is 17.7 Å². The summed E-state index contributed by atoms with van der Waals surface area (Å²) in [5.74, 6) is -1.32. The van der Waals surface area contributed by atoms with Gasteiger partial charge in [0.1, 0.15) is 6.04 Å². The number of aryl methyl sites for hydroxylation is 1. The van der Waals surface area contributed by atoms with Crippen molar-refractivity contribution in [2.24, 2.45) is 0 Å². The molecule has 1 atom stereocenters. The Bertz CT molecular complexity index is 463. The largest absolute Gasteiger partial charge is 0.480 e. The van der Waals surface area contributed by atoms with Crippen LogP contribution in [0.3, 0.4) is 0 Å². The molecule has 5 nitrogen and oxygen atoms in total. The van der Waals surface area contributed by atoms with Gasteiger partial charge in [0, 0.05) is 10.7 Å². The molecule has 0 radical (unpaired) electrons. The standard InChI is InChI=1S/C12H15ClN2O3/c1-7-3-4-9(5-10(7)13)15-11(16)6-14-8(2)12(17)18/h3-5,8,14H,6H2,1-2H3,(H,15,16)(H,17,18)/t8-/m1/s1. The summed E-state index contributed by atoms with van der Waals surface area (Å²) >= 11 is 5.92. The Labute approximate surface area is 110 Å². The highest BCUT2D eigenvalue weighted by Crippen LogP contribution is 2.19. The van der Waals surface area contributed by atoms with Gasteiger partial charge < -0.3 is 10.4 Å². The van der Waals surface area contributed by atoms with Gasteiger partial charge in [-0.25, -0.2) is 0 Å². The van der Waals surface area contributed by atoms with E-state index in [-0.39, 0.29) is 12.5 Å². The van der Waals surface area contributed by atoms with Gasteiger partial charge in [-0.05, 0) is 31.5 Å². The van der Waals surface area contributed by atoms with Crippen LogP contribution in [0.25, 0.3) is 0 Å². The van der Waals surface area contributed by atoms with Crippen LogP contribution in [0.5, 0.6) is 0 Å². The molecule has 0 spiro atoms. The number of carbonyl (C=O) groups is 2. The van der Waals surface area contributed by atoms with Gasteiger partial charge >= 0.3 is 5.97 Å². The normalized spacial score (nSPS) is 11.9. The first kappa shape index (κ1) is 14.5. The first-order valence-corrected chi connectivity index (χ1v) is 5.80. The van der Waals surface area contributed by atoms with Crippen molar-refractivity contribution in [3.05, 3.63) is 28.8 Å². The lowest BCUT2D eigenvalue weighted by atomic mass is 10.2. The van der Waals surface area contributed by atoms with E-state index in [1.807, 2.05) is 6.92 Å². The molecule has 0 aliphatic heterocycles. The highest BCUT2D eigenvalue weighted by molar-refractivity contribution is 6.31. The summed E-state index contributed by atoms with van der Waals surface area (Å²) in [5, 5.41) is 14.4. The van der Waals surface area contributed by atoms with Crippen molar-refractivity contribution in [1.29, 1.82) is 0 Å². The second kappa shape index (κ2) is 6.37. The monoisotopic (exact) mass is 270 g/mol. The number of halogens is 1. The first-order valence-electron chi connectivity index (χ1n) is 5.42. The van der Waals surface area contributed by atoms with Crippen molar-refractivity contribution in [3.63, 3.8) is 0 Å². The highest BCUT2D eigenvalue weighted by atomic mass is 35.5.